The van der Waals surface area contributed by atoms with E-state index in [0.717, 1.165) is 17.0 Å². The number of carbonyl (C=O) groups excluding carboxylic acids is 1. The van der Waals surface area contributed by atoms with E-state index in [1.165, 1.54) is 18.9 Å². The van der Waals surface area contributed by atoms with Crippen molar-refractivity contribution in [3.8, 4) is 0 Å². The summed E-state index contributed by atoms with van der Waals surface area (Å²) in [7, 11) is 1.37. The Morgan fingerprint density at radius 3 is 2.27 bits per heavy atom. The van der Waals surface area contributed by atoms with Crippen LogP contribution in [0.25, 0.3) is 0 Å². The SMILES string of the molecule is COC(=O)CSc1nc(C)c(C)c(C)n1. The summed E-state index contributed by atoms with van der Waals surface area (Å²) < 4.78 is 4.54. The molecule has 1 aromatic heterocycles. The fourth-order valence-corrected chi connectivity index (χ4v) is 1.76. The summed E-state index contributed by atoms with van der Waals surface area (Å²) in [6.45, 7) is 5.86. The molecule has 0 aliphatic rings. The number of hydrogen-bond donors (Lipinski definition) is 0. The van der Waals surface area contributed by atoms with E-state index < -0.39 is 0 Å². The van der Waals surface area contributed by atoms with Crippen LogP contribution in [0.1, 0.15) is 17.0 Å². The van der Waals surface area contributed by atoms with Crippen molar-refractivity contribution in [1.29, 1.82) is 0 Å². The Bertz CT molecular complexity index is 357. The zero-order chi connectivity index (χ0) is 11.4. The molecule has 4 nitrogen and oxygen atoms in total. The van der Waals surface area contributed by atoms with E-state index in [1.807, 2.05) is 20.8 Å². The lowest BCUT2D eigenvalue weighted by atomic mass is 10.2. The van der Waals surface area contributed by atoms with E-state index in [9.17, 15) is 4.79 Å². The van der Waals surface area contributed by atoms with Gasteiger partial charge in [-0.05, 0) is 26.3 Å². The Morgan fingerprint density at radius 1 is 1.27 bits per heavy atom. The number of rotatable bonds is 3. The number of hydrogen-bond acceptors (Lipinski definition) is 5. The van der Waals surface area contributed by atoms with E-state index in [4.69, 9.17) is 0 Å². The molecule has 1 rings (SSSR count). The number of ether oxygens (including phenoxy) is 1. The monoisotopic (exact) mass is 226 g/mol. The quantitative estimate of drug-likeness (QED) is 0.446. The number of carbonyl (C=O) groups is 1. The van der Waals surface area contributed by atoms with Crippen LogP contribution >= 0.6 is 11.8 Å². The number of aryl methyl sites for hydroxylation is 2. The van der Waals surface area contributed by atoms with Gasteiger partial charge in [-0.1, -0.05) is 11.8 Å². The number of aromatic nitrogens is 2. The van der Waals surface area contributed by atoms with Crippen LogP contribution in [-0.2, 0) is 9.53 Å². The van der Waals surface area contributed by atoms with Gasteiger partial charge in [0.1, 0.15) is 0 Å². The molecule has 0 aliphatic heterocycles. The van der Waals surface area contributed by atoms with Crippen LogP contribution in [0.5, 0.6) is 0 Å². The maximum atomic E-state index is 10.9. The molecule has 1 aromatic rings. The van der Waals surface area contributed by atoms with Crippen LogP contribution in [0, 0.1) is 20.8 Å². The molecule has 0 amide bonds. The summed E-state index contributed by atoms with van der Waals surface area (Å²) in [6.07, 6.45) is 0. The predicted octanol–water partition coefficient (Wildman–Crippen LogP) is 1.67. The third-order valence-corrected chi connectivity index (χ3v) is 2.98. The van der Waals surface area contributed by atoms with Gasteiger partial charge in [0.05, 0.1) is 12.9 Å². The van der Waals surface area contributed by atoms with Crippen molar-refractivity contribution < 1.29 is 9.53 Å². The molecule has 0 bridgehead atoms. The highest BCUT2D eigenvalue weighted by molar-refractivity contribution is 7.99. The Labute approximate surface area is 93.5 Å². The van der Waals surface area contributed by atoms with Crippen LogP contribution in [0.15, 0.2) is 5.16 Å². The lowest BCUT2D eigenvalue weighted by Crippen LogP contribution is -2.05. The fourth-order valence-electron chi connectivity index (χ4n) is 0.988. The Kier molecular flexibility index (Phi) is 4.08. The molecule has 0 radical (unpaired) electrons. The van der Waals surface area contributed by atoms with Gasteiger partial charge in [-0.15, -0.1) is 0 Å². The van der Waals surface area contributed by atoms with Gasteiger partial charge in [-0.3, -0.25) is 4.79 Å². The summed E-state index contributed by atoms with van der Waals surface area (Å²) >= 11 is 1.29. The Balaban J connectivity index is 2.75. The summed E-state index contributed by atoms with van der Waals surface area (Å²) in [5.74, 6) is -0.0159. The van der Waals surface area contributed by atoms with Crippen LogP contribution in [0.4, 0.5) is 0 Å². The molecule has 0 unspecified atom stereocenters. The predicted molar refractivity (Wildman–Crippen MR) is 59.0 cm³/mol. The topological polar surface area (TPSA) is 52.1 Å². The van der Waals surface area contributed by atoms with E-state index in [2.05, 4.69) is 14.7 Å². The first-order chi connectivity index (χ1) is 7.04. The van der Waals surface area contributed by atoms with Crippen LogP contribution in [-0.4, -0.2) is 28.8 Å². The van der Waals surface area contributed by atoms with Crippen molar-refractivity contribution >= 4 is 17.7 Å². The van der Waals surface area contributed by atoms with Crippen molar-refractivity contribution in [2.45, 2.75) is 25.9 Å². The molecule has 0 spiro atoms. The van der Waals surface area contributed by atoms with Crippen molar-refractivity contribution in [3.05, 3.63) is 17.0 Å². The Hall–Kier alpha value is -1.10. The minimum absolute atomic E-state index is 0.248. The molecular formula is C10H14N2O2S. The molecule has 0 saturated heterocycles. The molecule has 0 atom stereocenters. The molecule has 0 saturated carbocycles. The highest BCUT2D eigenvalue weighted by Crippen LogP contribution is 2.16. The van der Waals surface area contributed by atoms with E-state index in [0.29, 0.717) is 5.16 Å². The first-order valence-electron chi connectivity index (χ1n) is 4.56. The zero-order valence-corrected chi connectivity index (χ0v) is 10.1. The normalized spacial score (nSPS) is 10.1. The van der Waals surface area contributed by atoms with Crippen molar-refractivity contribution in [1.82, 2.24) is 9.97 Å². The molecule has 1 heterocycles. The highest BCUT2D eigenvalue weighted by atomic mass is 32.2. The van der Waals surface area contributed by atoms with Gasteiger partial charge in [0.25, 0.3) is 0 Å². The second kappa shape index (κ2) is 5.11. The van der Waals surface area contributed by atoms with Gasteiger partial charge in [0, 0.05) is 11.4 Å². The van der Waals surface area contributed by atoms with Crippen LogP contribution in [0.3, 0.4) is 0 Å². The molecule has 15 heavy (non-hydrogen) atoms. The summed E-state index contributed by atoms with van der Waals surface area (Å²) in [6, 6.07) is 0. The molecular weight excluding hydrogens is 212 g/mol. The minimum atomic E-state index is -0.264. The van der Waals surface area contributed by atoms with Gasteiger partial charge in [-0.2, -0.15) is 0 Å². The number of thioether (sulfide) groups is 1. The first kappa shape index (κ1) is 12.0. The van der Waals surface area contributed by atoms with Gasteiger partial charge in [0.15, 0.2) is 5.16 Å². The molecule has 0 N–H and O–H groups in total. The Morgan fingerprint density at radius 2 is 1.80 bits per heavy atom. The first-order valence-corrected chi connectivity index (χ1v) is 5.54. The second-order valence-electron chi connectivity index (χ2n) is 3.17. The van der Waals surface area contributed by atoms with Crippen LogP contribution < -0.4 is 0 Å². The largest absolute Gasteiger partial charge is 0.468 e. The highest BCUT2D eigenvalue weighted by Gasteiger charge is 2.07. The lowest BCUT2D eigenvalue weighted by Gasteiger charge is -2.05. The summed E-state index contributed by atoms with van der Waals surface area (Å²) in [4.78, 5) is 19.5. The molecule has 0 aromatic carbocycles. The van der Waals surface area contributed by atoms with Gasteiger partial charge < -0.3 is 4.74 Å². The standard InChI is InChI=1S/C10H14N2O2S/c1-6-7(2)11-10(12-8(6)3)15-5-9(13)14-4/h5H2,1-4H3. The number of esters is 1. The van der Waals surface area contributed by atoms with Gasteiger partial charge in [-0.25, -0.2) is 9.97 Å². The van der Waals surface area contributed by atoms with E-state index in [1.54, 1.807) is 0 Å². The number of nitrogens with zero attached hydrogens (tertiary/aromatic N) is 2. The minimum Gasteiger partial charge on any atom is -0.468 e. The molecule has 5 heteroatoms. The average molecular weight is 226 g/mol. The third kappa shape index (κ3) is 3.20. The third-order valence-electron chi connectivity index (χ3n) is 2.16. The number of methoxy groups -OCH3 is 1. The average Bonchev–Trinajstić information content (AvgIpc) is 2.22. The second-order valence-corrected chi connectivity index (χ2v) is 4.11. The maximum absolute atomic E-state index is 10.9. The molecule has 0 aliphatic carbocycles. The smallest absolute Gasteiger partial charge is 0.316 e. The van der Waals surface area contributed by atoms with Gasteiger partial charge in [0.2, 0.25) is 0 Å². The summed E-state index contributed by atoms with van der Waals surface area (Å²) in [5, 5.41) is 0.626. The van der Waals surface area contributed by atoms with Crippen molar-refractivity contribution in [2.75, 3.05) is 12.9 Å². The van der Waals surface area contributed by atoms with Crippen molar-refractivity contribution in [2.24, 2.45) is 0 Å². The van der Waals surface area contributed by atoms with E-state index in [-0.39, 0.29) is 11.7 Å². The lowest BCUT2D eigenvalue weighted by molar-refractivity contribution is -0.137. The maximum Gasteiger partial charge on any atom is 0.316 e. The fraction of sp³-hybridized carbons (Fsp3) is 0.500. The molecule has 0 fully saturated rings. The zero-order valence-electron chi connectivity index (χ0n) is 9.33. The van der Waals surface area contributed by atoms with Crippen molar-refractivity contribution in [3.63, 3.8) is 0 Å². The van der Waals surface area contributed by atoms with Crippen LogP contribution in [0.2, 0.25) is 0 Å². The summed E-state index contributed by atoms with van der Waals surface area (Å²) in [5.41, 5.74) is 3.00. The molecule has 82 valence electrons. The van der Waals surface area contributed by atoms with Gasteiger partial charge >= 0.3 is 5.97 Å². The van der Waals surface area contributed by atoms with E-state index >= 15 is 0 Å².